The molecule has 0 radical (unpaired) electrons. The molecule has 4 nitrogen and oxygen atoms in total. The average Bonchev–Trinajstić information content (AvgIpc) is 2.66. The molecule has 1 heterocycles. The first kappa shape index (κ1) is 9.73. The Hall–Kier alpha value is -1.81. The minimum Gasteiger partial charge on any atom is -0.384 e. The zero-order valence-electron chi connectivity index (χ0n) is 8.31. The Balaban J connectivity index is 1.80. The van der Waals surface area contributed by atoms with Crippen LogP contribution in [0.3, 0.4) is 0 Å². The first-order chi connectivity index (χ1) is 7.34. The topological polar surface area (TPSA) is 63.9 Å². The van der Waals surface area contributed by atoms with Crippen molar-refractivity contribution in [1.82, 2.24) is 10.2 Å². The molecule has 2 rings (SSSR count). The van der Waals surface area contributed by atoms with E-state index in [-0.39, 0.29) is 0 Å². The fraction of sp³-hybridized carbons (Fsp3) is 0.182. The van der Waals surface area contributed by atoms with Gasteiger partial charge in [-0.3, -0.25) is 5.10 Å². The number of hydrogen-bond acceptors (Lipinski definition) is 3. The lowest BCUT2D eigenvalue weighted by Gasteiger charge is -2.01. The summed E-state index contributed by atoms with van der Waals surface area (Å²) in [7, 11) is 0. The molecule has 0 unspecified atom stereocenters. The number of ether oxygens (including phenoxy) is 1. The van der Waals surface area contributed by atoms with Crippen LogP contribution < -0.4 is 5.73 Å². The van der Waals surface area contributed by atoms with Crippen molar-refractivity contribution in [1.29, 1.82) is 0 Å². The molecule has 1 aromatic heterocycles. The van der Waals surface area contributed by atoms with Gasteiger partial charge in [-0.25, -0.2) is 0 Å². The van der Waals surface area contributed by atoms with Crippen LogP contribution >= 0.6 is 0 Å². The van der Waals surface area contributed by atoms with Crippen molar-refractivity contribution in [2.24, 2.45) is 0 Å². The van der Waals surface area contributed by atoms with Gasteiger partial charge in [0.05, 0.1) is 18.9 Å². The maximum absolute atomic E-state index is 5.49. The largest absolute Gasteiger partial charge is 0.384 e. The minimum atomic E-state index is 0.475. The standard InChI is InChI=1S/C11H13N3O/c12-11-6-10(13-14-11)8-15-7-9-4-2-1-3-5-9/h1-6H,7-8H2,(H3,12,13,14). The third-order valence-corrected chi connectivity index (χ3v) is 2.01. The molecule has 0 aliphatic carbocycles. The van der Waals surface area contributed by atoms with Crippen LogP contribution in [0.1, 0.15) is 11.3 Å². The highest BCUT2D eigenvalue weighted by Gasteiger charge is 1.98. The number of nitrogens with two attached hydrogens (primary N) is 1. The maximum Gasteiger partial charge on any atom is 0.119 e. The fourth-order valence-corrected chi connectivity index (χ4v) is 1.30. The number of nitrogen functional groups attached to an aromatic ring is 1. The van der Waals surface area contributed by atoms with Crippen LogP contribution in [0.25, 0.3) is 0 Å². The summed E-state index contributed by atoms with van der Waals surface area (Å²) in [4.78, 5) is 0. The number of nitrogens with one attached hydrogen (secondary N) is 1. The molecular weight excluding hydrogens is 190 g/mol. The first-order valence-corrected chi connectivity index (χ1v) is 4.76. The summed E-state index contributed by atoms with van der Waals surface area (Å²) >= 11 is 0. The van der Waals surface area contributed by atoms with Crippen molar-refractivity contribution in [3.05, 3.63) is 47.7 Å². The molecule has 2 aromatic rings. The first-order valence-electron chi connectivity index (χ1n) is 4.76. The highest BCUT2D eigenvalue weighted by Crippen LogP contribution is 2.05. The number of anilines is 1. The molecule has 0 saturated carbocycles. The second-order valence-corrected chi connectivity index (χ2v) is 3.29. The van der Waals surface area contributed by atoms with Gasteiger partial charge in [-0.1, -0.05) is 30.3 Å². The lowest BCUT2D eigenvalue weighted by atomic mass is 10.2. The summed E-state index contributed by atoms with van der Waals surface area (Å²) in [6.07, 6.45) is 0. The van der Waals surface area contributed by atoms with Crippen molar-refractivity contribution < 1.29 is 4.74 Å². The quantitative estimate of drug-likeness (QED) is 0.795. The predicted molar refractivity (Wildman–Crippen MR) is 57.9 cm³/mol. The predicted octanol–water partition coefficient (Wildman–Crippen LogP) is 1.71. The van der Waals surface area contributed by atoms with Gasteiger partial charge in [-0.05, 0) is 5.56 Å². The Morgan fingerprint density at radius 1 is 1.20 bits per heavy atom. The molecule has 78 valence electrons. The van der Waals surface area contributed by atoms with Crippen molar-refractivity contribution in [2.45, 2.75) is 13.2 Å². The molecule has 0 amide bonds. The summed E-state index contributed by atoms with van der Waals surface area (Å²) in [6.45, 7) is 1.07. The number of rotatable bonds is 4. The van der Waals surface area contributed by atoms with E-state index in [1.165, 1.54) is 0 Å². The number of nitrogens with zero attached hydrogens (tertiary/aromatic N) is 1. The van der Waals surface area contributed by atoms with E-state index in [1.54, 1.807) is 6.07 Å². The highest BCUT2D eigenvalue weighted by molar-refractivity contribution is 5.27. The molecule has 0 fully saturated rings. The fourth-order valence-electron chi connectivity index (χ4n) is 1.30. The molecule has 0 saturated heterocycles. The van der Waals surface area contributed by atoms with Gasteiger partial charge in [-0.15, -0.1) is 0 Å². The summed E-state index contributed by atoms with van der Waals surface area (Å²) in [5, 5.41) is 6.64. The van der Waals surface area contributed by atoms with E-state index in [0.29, 0.717) is 19.0 Å². The molecule has 3 N–H and O–H groups in total. The zero-order chi connectivity index (χ0) is 10.5. The van der Waals surface area contributed by atoms with Gasteiger partial charge in [0.15, 0.2) is 0 Å². The molecule has 0 spiro atoms. The van der Waals surface area contributed by atoms with Crippen molar-refractivity contribution in [2.75, 3.05) is 5.73 Å². The van der Waals surface area contributed by atoms with Crippen LogP contribution in [0.5, 0.6) is 0 Å². The van der Waals surface area contributed by atoms with Gasteiger partial charge in [0, 0.05) is 6.07 Å². The molecular formula is C11H13N3O. The van der Waals surface area contributed by atoms with Crippen LogP contribution in [0.15, 0.2) is 36.4 Å². The van der Waals surface area contributed by atoms with Crippen LogP contribution in [0.2, 0.25) is 0 Å². The van der Waals surface area contributed by atoms with E-state index < -0.39 is 0 Å². The number of hydrogen-bond donors (Lipinski definition) is 2. The lowest BCUT2D eigenvalue weighted by molar-refractivity contribution is 0.104. The van der Waals surface area contributed by atoms with Gasteiger partial charge in [0.2, 0.25) is 0 Å². The van der Waals surface area contributed by atoms with Crippen LogP contribution in [-0.2, 0) is 18.0 Å². The van der Waals surface area contributed by atoms with E-state index in [1.807, 2.05) is 30.3 Å². The van der Waals surface area contributed by atoms with Gasteiger partial charge in [0.25, 0.3) is 0 Å². The number of aromatic nitrogens is 2. The van der Waals surface area contributed by atoms with E-state index in [0.717, 1.165) is 11.3 Å². The van der Waals surface area contributed by atoms with Gasteiger partial charge in [-0.2, -0.15) is 5.10 Å². The molecule has 0 atom stereocenters. The van der Waals surface area contributed by atoms with E-state index in [2.05, 4.69) is 10.2 Å². The second-order valence-electron chi connectivity index (χ2n) is 3.29. The lowest BCUT2D eigenvalue weighted by Crippen LogP contribution is -1.94. The van der Waals surface area contributed by atoms with Crippen LogP contribution in [-0.4, -0.2) is 10.2 Å². The SMILES string of the molecule is Nc1cc(COCc2ccccc2)n[nH]1. The van der Waals surface area contributed by atoms with E-state index >= 15 is 0 Å². The Kier molecular flexibility index (Phi) is 2.99. The summed E-state index contributed by atoms with van der Waals surface area (Å²) in [5.74, 6) is 0.563. The number of H-pyrrole nitrogens is 1. The normalized spacial score (nSPS) is 10.4. The van der Waals surface area contributed by atoms with Crippen LogP contribution in [0, 0.1) is 0 Å². The van der Waals surface area contributed by atoms with Gasteiger partial charge < -0.3 is 10.5 Å². The van der Waals surface area contributed by atoms with Crippen molar-refractivity contribution >= 4 is 5.82 Å². The molecule has 4 heteroatoms. The smallest absolute Gasteiger partial charge is 0.119 e. The molecule has 1 aromatic carbocycles. The Morgan fingerprint density at radius 2 is 2.00 bits per heavy atom. The molecule has 15 heavy (non-hydrogen) atoms. The summed E-state index contributed by atoms with van der Waals surface area (Å²) in [6, 6.07) is 11.8. The van der Waals surface area contributed by atoms with E-state index in [4.69, 9.17) is 10.5 Å². The maximum atomic E-state index is 5.49. The Labute approximate surface area is 88.1 Å². The van der Waals surface area contributed by atoms with Crippen molar-refractivity contribution in [3.8, 4) is 0 Å². The Bertz CT molecular complexity index is 411. The zero-order valence-corrected chi connectivity index (χ0v) is 8.31. The average molecular weight is 203 g/mol. The second kappa shape index (κ2) is 4.61. The third kappa shape index (κ3) is 2.82. The number of benzene rings is 1. The van der Waals surface area contributed by atoms with Crippen molar-refractivity contribution in [3.63, 3.8) is 0 Å². The Morgan fingerprint density at radius 3 is 2.67 bits per heavy atom. The summed E-state index contributed by atoms with van der Waals surface area (Å²) < 4.78 is 5.48. The minimum absolute atomic E-state index is 0.475. The van der Waals surface area contributed by atoms with Crippen LogP contribution in [0.4, 0.5) is 5.82 Å². The van der Waals surface area contributed by atoms with Gasteiger partial charge in [0.1, 0.15) is 5.82 Å². The molecule has 0 aliphatic rings. The third-order valence-electron chi connectivity index (χ3n) is 2.01. The monoisotopic (exact) mass is 203 g/mol. The number of aromatic amines is 1. The van der Waals surface area contributed by atoms with Gasteiger partial charge >= 0.3 is 0 Å². The summed E-state index contributed by atoms with van der Waals surface area (Å²) in [5.41, 5.74) is 7.46. The molecule has 0 bridgehead atoms. The molecule has 0 aliphatic heterocycles. The highest BCUT2D eigenvalue weighted by atomic mass is 16.5. The van der Waals surface area contributed by atoms with E-state index in [9.17, 15) is 0 Å².